The molecule has 14 heteroatoms. The lowest BCUT2D eigenvalue weighted by atomic mass is 10.1. The molecule has 3 amide bonds. The molecule has 0 aliphatic heterocycles. The number of carbonyl (C=O) groups excluding carboxylic acids is 3. The minimum absolute atomic E-state index is 0.0551. The van der Waals surface area contributed by atoms with E-state index in [-0.39, 0.29) is 27.9 Å². The Morgan fingerprint density at radius 3 is 2.49 bits per heavy atom. The molecule has 0 saturated carbocycles. The highest BCUT2D eigenvalue weighted by molar-refractivity contribution is 8.00. The number of hydrogen-bond acceptors (Lipinski definition) is 8. The van der Waals surface area contributed by atoms with Gasteiger partial charge in [-0.15, -0.1) is 23.1 Å². The first-order valence-electron chi connectivity index (χ1n) is 14.7. The SMILES string of the molecule is CCC(Sc1cccc(NC(=O)/C(=C\c2c(F)cccc2Cl)NC(=O)c2ccccc2)c1)C(=O)Nc1nc(-c2cccc([N+](=O)[O-])c2)cs1. The summed E-state index contributed by atoms with van der Waals surface area (Å²) in [5, 5.41) is 20.8. The zero-order valence-corrected chi connectivity index (χ0v) is 28.1. The van der Waals surface area contributed by atoms with Gasteiger partial charge < -0.3 is 16.0 Å². The molecule has 248 valence electrons. The fourth-order valence-corrected chi connectivity index (χ4v) is 6.45. The number of non-ortho nitro benzene ring substituents is 1. The summed E-state index contributed by atoms with van der Waals surface area (Å²) < 4.78 is 14.7. The van der Waals surface area contributed by atoms with E-state index in [1.54, 1.807) is 72.1 Å². The van der Waals surface area contributed by atoms with E-state index in [0.29, 0.717) is 39.0 Å². The van der Waals surface area contributed by atoms with Gasteiger partial charge in [-0.1, -0.05) is 61.0 Å². The molecule has 1 heterocycles. The van der Waals surface area contributed by atoms with Crippen LogP contribution in [-0.2, 0) is 9.59 Å². The van der Waals surface area contributed by atoms with Crippen LogP contribution >= 0.6 is 34.7 Å². The van der Waals surface area contributed by atoms with Crippen LogP contribution in [0.25, 0.3) is 17.3 Å². The Labute approximate surface area is 293 Å². The van der Waals surface area contributed by atoms with Crippen LogP contribution in [0.3, 0.4) is 0 Å². The van der Waals surface area contributed by atoms with Gasteiger partial charge in [-0.3, -0.25) is 24.5 Å². The maximum atomic E-state index is 14.7. The quantitative estimate of drug-likeness (QED) is 0.0509. The first kappa shape index (κ1) is 35.0. The fraction of sp³-hybridized carbons (Fsp3) is 0.0857. The number of aromatic nitrogens is 1. The predicted octanol–water partition coefficient (Wildman–Crippen LogP) is 8.43. The highest BCUT2D eigenvalue weighted by atomic mass is 35.5. The molecular formula is C35H27ClFN5O5S2. The number of nitrogens with one attached hydrogen (secondary N) is 3. The Hall–Kier alpha value is -5.37. The molecule has 0 fully saturated rings. The van der Waals surface area contributed by atoms with Crippen LogP contribution in [0.5, 0.6) is 0 Å². The van der Waals surface area contributed by atoms with Crippen molar-refractivity contribution < 1.29 is 23.7 Å². The van der Waals surface area contributed by atoms with Gasteiger partial charge in [0.25, 0.3) is 17.5 Å². The number of rotatable bonds is 12. The van der Waals surface area contributed by atoms with Gasteiger partial charge in [0.1, 0.15) is 11.5 Å². The van der Waals surface area contributed by atoms with E-state index in [4.69, 9.17) is 11.6 Å². The lowest BCUT2D eigenvalue weighted by Crippen LogP contribution is -2.30. The zero-order chi connectivity index (χ0) is 34.9. The lowest BCUT2D eigenvalue weighted by Gasteiger charge is -2.15. The van der Waals surface area contributed by atoms with Crippen molar-refractivity contribution in [3.8, 4) is 11.3 Å². The highest BCUT2D eigenvalue weighted by Gasteiger charge is 2.21. The topological polar surface area (TPSA) is 143 Å². The van der Waals surface area contributed by atoms with Crippen molar-refractivity contribution in [2.45, 2.75) is 23.5 Å². The summed E-state index contributed by atoms with van der Waals surface area (Å²) in [5.74, 6) is -2.27. The molecule has 1 unspecified atom stereocenters. The van der Waals surface area contributed by atoms with E-state index < -0.39 is 27.8 Å². The number of hydrogen-bond donors (Lipinski definition) is 3. The Balaban J connectivity index is 1.29. The van der Waals surface area contributed by atoms with Gasteiger partial charge in [-0.2, -0.15) is 0 Å². The molecule has 49 heavy (non-hydrogen) atoms. The van der Waals surface area contributed by atoms with E-state index in [1.807, 2.05) is 6.92 Å². The molecular weight excluding hydrogens is 689 g/mol. The third-order valence-electron chi connectivity index (χ3n) is 6.94. The first-order chi connectivity index (χ1) is 23.6. The van der Waals surface area contributed by atoms with Crippen molar-refractivity contribution in [2.75, 3.05) is 10.6 Å². The Bertz CT molecular complexity index is 2040. The minimum atomic E-state index is -0.723. The van der Waals surface area contributed by atoms with E-state index in [9.17, 15) is 28.9 Å². The van der Waals surface area contributed by atoms with Crippen molar-refractivity contribution >= 4 is 75.0 Å². The maximum Gasteiger partial charge on any atom is 0.272 e. The molecule has 5 rings (SSSR count). The molecule has 3 N–H and O–H groups in total. The largest absolute Gasteiger partial charge is 0.321 e. The van der Waals surface area contributed by atoms with Crippen molar-refractivity contribution in [2.24, 2.45) is 0 Å². The van der Waals surface area contributed by atoms with Gasteiger partial charge in [0, 0.05) is 44.8 Å². The van der Waals surface area contributed by atoms with Crippen molar-refractivity contribution in [1.82, 2.24) is 10.3 Å². The fourth-order valence-electron chi connectivity index (χ4n) is 4.50. The van der Waals surface area contributed by atoms with Crippen molar-refractivity contribution in [1.29, 1.82) is 0 Å². The molecule has 0 spiro atoms. The summed E-state index contributed by atoms with van der Waals surface area (Å²) >= 11 is 8.68. The van der Waals surface area contributed by atoms with Crippen LogP contribution < -0.4 is 16.0 Å². The summed E-state index contributed by atoms with van der Waals surface area (Å²) in [4.78, 5) is 55.4. The molecule has 0 radical (unpaired) electrons. The number of anilines is 2. The second-order valence-electron chi connectivity index (χ2n) is 10.3. The number of nitro groups is 1. The van der Waals surface area contributed by atoms with Crippen LogP contribution in [0.4, 0.5) is 20.9 Å². The third-order valence-corrected chi connectivity index (χ3v) is 9.38. The van der Waals surface area contributed by atoms with E-state index in [2.05, 4.69) is 20.9 Å². The smallest absolute Gasteiger partial charge is 0.272 e. The normalized spacial score (nSPS) is 11.8. The average molecular weight is 716 g/mol. The Morgan fingerprint density at radius 1 is 1.00 bits per heavy atom. The Kier molecular flexibility index (Phi) is 11.5. The number of carbonyl (C=O) groups is 3. The van der Waals surface area contributed by atoms with Gasteiger partial charge >= 0.3 is 0 Å². The van der Waals surface area contributed by atoms with Crippen LogP contribution in [0.15, 0.2) is 113 Å². The second-order valence-corrected chi connectivity index (χ2v) is 12.9. The van der Waals surface area contributed by atoms with E-state index >= 15 is 0 Å². The van der Waals surface area contributed by atoms with Gasteiger partial charge in [-0.25, -0.2) is 9.37 Å². The molecule has 0 bridgehead atoms. The van der Waals surface area contributed by atoms with Gasteiger partial charge in [-0.05, 0) is 55.0 Å². The Morgan fingerprint density at radius 2 is 1.76 bits per heavy atom. The van der Waals surface area contributed by atoms with Crippen LogP contribution in [0.1, 0.15) is 29.3 Å². The van der Waals surface area contributed by atoms with Gasteiger partial charge in [0.05, 0.1) is 20.9 Å². The van der Waals surface area contributed by atoms with Crippen molar-refractivity contribution in [3.05, 3.63) is 140 Å². The first-order valence-corrected chi connectivity index (χ1v) is 16.9. The number of thiazole rings is 1. The molecule has 0 aliphatic carbocycles. The second kappa shape index (κ2) is 16.2. The average Bonchev–Trinajstić information content (AvgIpc) is 3.57. The van der Waals surface area contributed by atoms with Crippen LogP contribution in [0, 0.1) is 15.9 Å². The lowest BCUT2D eigenvalue weighted by molar-refractivity contribution is -0.384. The molecule has 1 atom stereocenters. The van der Waals surface area contributed by atoms with E-state index in [0.717, 1.165) is 0 Å². The standard InChI is InChI=1S/C35H27ClFN5O5S2/c1-2-31(34(45)41-35-40-30(20-48-35)22-11-6-13-24(17-22)42(46)47)49-25-14-7-12-23(18-25)38-33(44)29(19-26-27(36)15-8-16-28(26)37)39-32(43)21-9-4-3-5-10-21/h3-20,31H,2H2,1H3,(H,38,44)(H,39,43)(H,40,41,45)/b29-19+. The maximum absolute atomic E-state index is 14.7. The zero-order valence-electron chi connectivity index (χ0n) is 25.7. The minimum Gasteiger partial charge on any atom is -0.321 e. The highest BCUT2D eigenvalue weighted by Crippen LogP contribution is 2.31. The molecule has 10 nitrogen and oxygen atoms in total. The van der Waals surface area contributed by atoms with Crippen LogP contribution in [-0.4, -0.2) is 32.9 Å². The van der Waals surface area contributed by atoms with Gasteiger partial charge in [0.15, 0.2) is 5.13 Å². The van der Waals surface area contributed by atoms with Crippen molar-refractivity contribution in [3.63, 3.8) is 0 Å². The summed E-state index contributed by atoms with van der Waals surface area (Å²) in [6.07, 6.45) is 1.64. The molecule has 0 saturated heterocycles. The number of benzene rings is 4. The summed E-state index contributed by atoms with van der Waals surface area (Å²) in [6, 6.07) is 25.2. The van der Waals surface area contributed by atoms with Crippen LogP contribution in [0.2, 0.25) is 5.02 Å². The summed E-state index contributed by atoms with van der Waals surface area (Å²) in [6.45, 7) is 1.86. The summed E-state index contributed by atoms with van der Waals surface area (Å²) in [7, 11) is 0. The monoisotopic (exact) mass is 715 g/mol. The number of nitro benzene ring substituents is 1. The number of halogens is 2. The number of amides is 3. The number of thioether (sulfide) groups is 1. The number of nitrogens with zero attached hydrogens (tertiary/aromatic N) is 2. The van der Waals surface area contributed by atoms with E-state index in [1.165, 1.54) is 59.5 Å². The predicted molar refractivity (Wildman–Crippen MR) is 191 cm³/mol. The summed E-state index contributed by atoms with van der Waals surface area (Å²) in [5.41, 5.74) is 1.35. The molecule has 0 aliphatic rings. The third kappa shape index (κ3) is 9.16. The molecule has 5 aromatic rings. The molecule has 4 aromatic carbocycles. The molecule has 1 aromatic heterocycles. The van der Waals surface area contributed by atoms with Gasteiger partial charge in [0.2, 0.25) is 5.91 Å².